The quantitative estimate of drug-likeness (QED) is 0.385. The van der Waals surface area contributed by atoms with Crippen LogP contribution in [0.4, 0.5) is 11.4 Å². The van der Waals surface area contributed by atoms with E-state index in [0.717, 1.165) is 0 Å². The van der Waals surface area contributed by atoms with Gasteiger partial charge in [-0.3, -0.25) is 34.0 Å². The molecule has 2 N–H and O–H groups in total. The Hall–Kier alpha value is -4.35. The monoisotopic (exact) mass is 529 g/mol. The minimum Gasteiger partial charge on any atom is -0.302 e. The van der Waals surface area contributed by atoms with E-state index in [9.17, 15) is 19.2 Å². The predicted molar refractivity (Wildman–Crippen MR) is 143 cm³/mol. The molecule has 0 saturated carbocycles. The summed E-state index contributed by atoms with van der Waals surface area (Å²) in [5, 5.41) is 4.99. The number of hydrogen-bond acceptors (Lipinski definition) is 7. The number of aromatic nitrogens is 1. The second kappa shape index (κ2) is 9.96. The number of nitrogens with one attached hydrogen (secondary N) is 2. The van der Waals surface area contributed by atoms with Crippen LogP contribution in [0.5, 0.6) is 0 Å². The molecule has 184 valence electrons. The van der Waals surface area contributed by atoms with Crippen molar-refractivity contribution in [2.24, 2.45) is 11.8 Å². The van der Waals surface area contributed by atoms with Crippen LogP contribution in [0.1, 0.15) is 11.5 Å². The molecule has 2 fully saturated rings. The smallest absolute Gasteiger partial charge is 0.246 e. The highest BCUT2D eigenvalue weighted by molar-refractivity contribution is 7.80. The Morgan fingerprint density at radius 3 is 1.46 bits per heavy atom. The first-order chi connectivity index (χ1) is 17.9. The Labute approximate surface area is 222 Å². The zero-order chi connectivity index (χ0) is 26.1. The largest absolute Gasteiger partial charge is 0.302 e. The van der Waals surface area contributed by atoms with E-state index >= 15 is 0 Å². The van der Waals surface area contributed by atoms with E-state index in [1.807, 2.05) is 0 Å². The fourth-order valence-electron chi connectivity index (χ4n) is 4.62. The topological polar surface area (TPSA) is 112 Å². The van der Waals surface area contributed by atoms with Crippen molar-refractivity contribution in [3.8, 4) is 0 Å². The number of nitrogens with zero attached hydrogens (tertiary/aromatic N) is 3. The van der Waals surface area contributed by atoms with Crippen LogP contribution in [0.3, 0.4) is 0 Å². The molecule has 0 aliphatic carbocycles. The number of carbonyl (C=O) groups excluding carboxylic acids is 4. The van der Waals surface area contributed by atoms with Crippen LogP contribution in [0.15, 0.2) is 85.2 Å². The lowest BCUT2D eigenvalue weighted by atomic mass is 9.73. The van der Waals surface area contributed by atoms with Crippen LogP contribution in [-0.2, 0) is 19.2 Å². The number of carbonyl (C=O) groups is 4. The number of para-hydroxylation sites is 2. The molecule has 37 heavy (non-hydrogen) atoms. The molecule has 2 aromatic carbocycles. The highest BCUT2D eigenvalue weighted by Gasteiger charge is 2.53. The van der Waals surface area contributed by atoms with E-state index in [4.69, 9.17) is 24.4 Å². The van der Waals surface area contributed by atoms with Gasteiger partial charge in [0.25, 0.3) is 0 Å². The molecule has 1 aromatic heterocycles. The highest BCUT2D eigenvalue weighted by Crippen LogP contribution is 2.39. The minimum absolute atomic E-state index is 0.0857. The number of rotatable bonds is 5. The Balaban J connectivity index is 1.63. The van der Waals surface area contributed by atoms with Crippen molar-refractivity contribution in [2.75, 3.05) is 9.80 Å². The van der Waals surface area contributed by atoms with Crippen molar-refractivity contribution in [1.82, 2.24) is 15.6 Å². The van der Waals surface area contributed by atoms with Gasteiger partial charge in [-0.15, -0.1) is 0 Å². The summed E-state index contributed by atoms with van der Waals surface area (Å²) in [7, 11) is 0. The molecular weight excluding hydrogens is 510 g/mol. The summed E-state index contributed by atoms with van der Waals surface area (Å²) in [4.78, 5) is 60.9. The lowest BCUT2D eigenvalue weighted by Crippen LogP contribution is -2.64. The molecular formula is C26H19N5O4S2. The predicted octanol–water partition coefficient (Wildman–Crippen LogP) is 2.29. The molecule has 0 radical (unpaired) electrons. The zero-order valence-corrected chi connectivity index (χ0v) is 20.7. The molecule has 3 aromatic rings. The molecule has 0 bridgehead atoms. The minimum atomic E-state index is -1.45. The van der Waals surface area contributed by atoms with Gasteiger partial charge < -0.3 is 10.6 Å². The molecule has 3 heterocycles. The standard InChI is InChI=1S/C26H19N5O4S2/c32-21-19(23(34)30(25(36)28-21)16-7-3-1-4-8-16)18(15-11-13-27-14-12-15)20-22(33)29-26(37)31(24(20)35)17-9-5-2-6-10-17/h1-14,18-20H,(H,28,32,36)(H,29,33,37). The number of thiocarbonyl (C=S) groups is 2. The summed E-state index contributed by atoms with van der Waals surface area (Å²) in [6.07, 6.45) is 2.94. The van der Waals surface area contributed by atoms with E-state index in [-0.39, 0.29) is 10.2 Å². The summed E-state index contributed by atoms with van der Waals surface area (Å²) in [6, 6.07) is 20.3. The zero-order valence-electron chi connectivity index (χ0n) is 19.1. The Kier molecular flexibility index (Phi) is 6.55. The fourth-order valence-corrected chi connectivity index (χ4v) is 5.21. The second-order valence-corrected chi connectivity index (χ2v) is 9.14. The van der Waals surface area contributed by atoms with Crippen LogP contribution >= 0.6 is 24.4 Å². The molecule has 2 saturated heterocycles. The van der Waals surface area contributed by atoms with Gasteiger partial charge in [-0.05, 0) is 66.4 Å². The fraction of sp³-hybridized carbons (Fsp3) is 0.115. The van der Waals surface area contributed by atoms with Gasteiger partial charge in [0.05, 0.1) is 11.4 Å². The summed E-state index contributed by atoms with van der Waals surface area (Å²) in [5.74, 6) is -6.78. The summed E-state index contributed by atoms with van der Waals surface area (Å²) >= 11 is 10.6. The normalized spacial score (nSPS) is 21.0. The van der Waals surface area contributed by atoms with Crippen LogP contribution in [0.2, 0.25) is 0 Å². The van der Waals surface area contributed by atoms with Crippen molar-refractivity contribution in [3.05, 3.63) is 90.8 Å². The van der Waals surface area contributed by atoms with Gasteiger partial charge in [-0.25, -0.2) is 0 Å². The lowest BCUT2D eigenvalue weighted by Gasteiger charge is -2.41. The third kappa shape index (κ3) is 4.39. The molecule has 2 aliphatic rings. The summed E-state index contributed by atoms with van der Waals surface area (Å²) in [5.41, 5.74) is 1.31. The van der Waals surface area contributed by atoms with Gasteiger partial charge in [0, 0.05) is 18.3 Å². The molecule has 2 unspecified atom stereocenters. The van der Waals surface area contributed by atoms with Gasteiger partial charge in [0.15, 0.2) is 10.2 Å². The Bertz CT molecular complexity index is 1330. The summed E-state index contributed by atoms with van der Waals surface area (Å²) in [6.45, 7) is 0. The maximum atomic E-state index is 13.9. The number of hydrogen-bond donors (Lipinski definition) is 2. The van der Waals surface area contributed by atoms with Gasteiger partial charge >= 0.3 is 0 Å². The van der Waals surface area contributed by atoms with Crippen LogP contribution in [0.25, 0.3) is 0 Å². The van der Waals surface area contributed by atoms with E-state index in [1.165, 1.54) is 22.2 Å². The SMILES string of the molecule is O=C1NC(=S)N(c2ccccc2)C(=O)C1C(c1ccncc1)C1C(=O)NC(=S)N(c2ccccc2)C1=O. The third-order valence-corrected chi connectivity index (χ3v) is 6.81. The van der Waals surface area contributed by atoms with E-state index < -0.39 is 41.4 Å². The average molecular weight is 530 g/mol. The van der Waals surface area contributed by atoms with E-state index in [1.54, 1.807) is 72.8 Å². The van der Waals surface area contributed by atoms with E-state index in [2.05, 4.69) is 15.6 Å². The first-order valence-corrected chi connectivity index (χ1v) is 12.1. The average Bonchev–Trinajstić information content (AvgIpc) is 2.89. The van der Waals surface area contributed by atoms with Gasteiger partial charge in [0.1, 0.15) is 11.8 Å². The Morgan fingerprint density at radius 1 is 0.649 bits per heavy atom. The molecule has 5 rings (SSSR count). The van der Waals surface area contributed by atoms with Gasteiger partial charge in [0.2, 0.25) is 23.6 Å². The first kappa shape index (κ1) is 24.3. The van der Waals surface area contributed by atoms with Gasteiger partial charge in [-0.1, -0.05) is 36.4 Å². The van der Waals surface area contributed by atoms with Crippen molar-refractivity contribution < 1.29 is 19.2 Å². The van der Waals surface area contributed by atoms with Crippen molar-refractivity contribution in [2.45, 2.75) is 5.92 Å². The van der Waals surface area contributed by atoms with Crippen molar-refractivity contribution >= 4 is 69.7 Å². The number of amides is 4. The molecule has 11 heteroatoms. The molecule has 0 spiro atoms. The second-order valence-electron chi connectivity index (χ2n) is 8.37. The maximum absolute atomic E-state index is 13.9. The number of benzene rings is 2. The van der Waals surface area contributed by atoms with Crippen LogP contribution in [-0.4, -0.2) is 38.8 Å². The summed E-state index contributed by atoms with van der Waals surface area (Å²) < 4.78 is 0. The molecule has 2 aliphatic heterocycles. The molecule has 4 amide bonds. The van der Waals surface area contributed by atoms with Crippen molar-refractivity contribution in [3.63, 3.8) is 0 Å². The van der Waals surface area contributed by atoms with Crippen molar-refractivity contribution in [1.29, 1.82) is 0 Å². The Morgan fingerprint density at radius 2 is 1.05 bits per heavy atom. The molecule has 2 atom stereocenters. The lowest BCUT2D eigenvalue weighted by molar-refractivity contribution is -0.139. The number of anilines is 2. The third-order valence-electron chi connectivity index (χ3n) is 6.24. The van der Waals surface area contributed by atoms with Crippen LogP contribution < -0.4 is 20.4 Å². The maximum Gasteiger partial charge on any atom is 0.246 e. The van der Waals surface area contributed by atoms with Gasteiger partial charge in [-0.2, -0.15) is 0 Å². The highest BCUT2D eigenvalue weighted by atomic mass is 32.1. The number of pyridine rings is 1. The van der Waals surface area contributed by atoms with E-state index in [0.29, 0.717) is 16.9 Å². The van der Waals surface area contributed by atoms with Crippen LogP contribution in [0, 0.1) is 11.8 Å². The molecule has 9 nitrogen and oxygen atoms in total. The first-order valence-electron chi connectivity index (χ1n) is 11.3.